The fraction of sp³-hybridized carbons (Fsp3) is 0.600. The number of carbonyl (C=O) groups is 2. The molecule has 21 heavy (non-hydrogen) atoms. The highest BCUT2D eigenvalue weighted by Crippen LogP contribution is 2.19. The minimum Gasteiger partial charge on any atom is -0.444 e. The monoisotopic (exact) mass is 291 g/mol. The van der Waals surface area contributed by atoms with Gasteiger partial charge in [-0.05, 0) is 26.8 Å². The molecule has 6 heteroatoms. The van der Waals surface area contributed by atoms with Crippen LogP contribution in [0.5, 0.6) is 0 Å². The number of amides is 1. The first-order valence-corrected chi connectivity index (χ1v) is 7.12. The van der Waals surface area contributed by atoms with Crippen LogP contribution in [0.4, 0.5) is 4.79 Å². The number of piperidine rings is 1. The first kappa shape index (κ1) is 15.4. The molecule has 0 radical (unpaired) electrons. The van der Waals surface area contributed by atoms with Crippen molar-refractivity contribution in [3.05, 3.63) is 24.3 Å². The Morgan fingerprint density at radius 1 is 1.38 bits per heavy atom. The van der Waals surface area contributed by atoms with Gasteiger partial charge in [0.2, 0.25) is 0 Å². The maximum Gasteiger partial charge on any atom is 0.410 e. The van der Waals surface area contributed by atoms with Crippen LogP contribution in [0.1, 0.15) is 33.0 Å². The molecule has 0 aromatic carbocycles. The number of ketones is 1. The van der Waals surface area contributed by atoms with E-state index in [9.17, 15) is 9.59 Å². The molecule has 0 saturated carbocycles. The van der Waals surface area contributed by atoms with Gasteiger partial charge in [-0.2, -0.15) is 0 Å². The summed E-state index contributed by atoms with van der Waals surface area (Å²) in [6.45, 7) is 6.27. The number of Topliss-reactive ketones (excluding diaryl/α,β-unsaturated/α-hetero) is 1. The second-order valence-corrected chi connectivity index (χ2v) is 6.21. The second-order valence-electron chi connectivity index (χ2n) is 6.21. The molecule has 1 aliphatic heterocycles. The Labute approximate surface area is 124 Å². The molecule has 1 aromatic heterocycles. The van der Waals surface area contributed by atoms with Gasteiger partial charge < -0.3 is 9.64 Å². The summed E-state index contributed by atoms with van der Waals surface area (Å²) >= 11 is 0. The third-order valence-corrected chi connectivity index (χ3v) is 3.22. The molecule has 0 bridgehead atoms. The topological polar surface area (TPSA) is 72.4 Å². The predicted octanol–water partition coefficient (Wildman–Crippen LogP) is 1.85. The van der Waals surface area contributed by atoms with Crippen LogP contribution in [-0.2, 0) is 16.0 Å². The highest BCUT2D eigenvalue weighted by Gasteiger charge is 2.32. The number of rotatable bonds is 2. The van der Waals surface area contributed by atoms with Crippen LogP contribution in [0.3, 0.4) is 0 Å². The van der Waals surface area contributed by atoms with E-state index >= 15 is 0 Å². The maximum atomic E-state index is 12.1. The van der Waals surface area contributed by atoms with Gasteiger partial charge in [-0.3, -0.25) is 4.79 Å². The predicted molar refractivity (Wildman–Crippen MR) is 76.7 cm³/mol. The van der Waals surface area contributed by atoms with Crippen LogP contribution < -0.4 is 0 Å². The van der Waals surface area contributed by atoms with E-state index in [-0.39, 0.29) is 17.8 Å². The minimum atomic E-state index is -0.531. The summed E-state index contributed by atoms with van der Waals surface area (Å²) < 4.78 is 5.36. The zero-order valence-corrected chi connectivity index (χ0v) is 12.7. The summed E-state index contributed by atoms with van der Waals surface area (Å²) in [5.74, 6) is 0.526. The van der Waals surface area contributed by atoms with E-state index in [0.717, 1.165) is 0 Å². The van der Waals surface area contributed by atoms with Crippen LogP contribution in [0.25, 0.3) is 0 Å². The van der Waals surface area contributed by atoms with Gasteiger partial charge in [-0.1, -0.05) is 0 Å². The fourth-order valence-corrected chi connectivity index (χ4v) is 2.23. The molecular formula is C15H21N3O3. The van der Waals surface area contributed by atoms with Crippen molar-refractivity contribution in [3.63, 3.8) is 0 Å². The SMILES string of the molecule is CC(C)(C)OC(=O)N1CCC(=O)C(Cc2ncccn2)C1. The molecule has 1 atom stereocenters. The van der Waals surface area contributed by atoms with Crippen LogP contribution in [0, 0.1) is 5.92 Å². The van der Waals surface area contributed by atoms with Gasteiger partial charge in [-0.15, -0.1) is 0 Å². The maximum absolute atomic E-state index is 12.1. The average molecular weight is 291 g/mol. The van der Waals surface area contributed by atoms with Gasteiger partial charge in [0, 0.05) is 44.2 Å². The third kappa shape index (κ3) is 4.51. The Morgan fingerprint density at radius 2 is 2.05 bits per heavy atom. The molecule has 1 unspecified atom stereocenters. The molecule has 1 aliphatic rings. The molecule has 0 spiro atoms. The molecule has 1 amide bonds. The molecule has 0 N–H and O–H groups in total. The summed E-state index contributed by atoms with van der Waals surface area (Å²) in [6.07, 6.45) is 3.76. The van der Waals surface area contributed by atoms with Crippen molar-refractivity contribution in [3.8, 4) is 0 Å². The van der Waals surface area contributed by atoms with E-state index in [0.29, 0.717) is 31.8 Å². The van der Waals surface area contributed by atoms with Gasteiger partial charge in [0.1, 0.15) is 17.2 Å². The van der Waals surface area contributed by atoms with E-state index in [1.54, 1.807) is 23.4 Å². The minimum absolute atomic E-state index is 0.155. The smallest absolute Gasteiger partial charge is 0.410 e. The normalized spacial score (nSPS) is 19.5. The van der Waals surface area contributed by atoms with Gasteiger partial charge in [-0.25, -0.2) is 14.8 Å². The van der Waals surface area contributed by atoms with E-state index in [2.05, 4.69) is 9.97 Å². The van der Waals surface area contributed by atoms with E-state index < -0.39 is 5.60 Å². The van der Waals surface area contributed by atoms with E-state index in [1.807, 2.05) is 20.8 Å². The van der Waals surface area contributed by atoms with Gasteiger partial charge in [0.05, 0.1) is 0 Å². The van der Waals surface area contributed by atoms with E-state index in [4.69, 9.17) is 4.74 Å². The zero-order chi connectivity index (χ0) is 15.5. The molecular weight excluding hydrogens is 270 g/mol. The number of ether oxygens (including phenoxy) is 1. The number of carbonyl (C=O) groups excluding carboxylic acids is 2. The first-order chi connectivity index (χ1) is 9.85. The van der Waals surface area contributed by atoms with Crippen molar-refractivity contribution < 1.29 is 14.3 Å². The highest BCUT2D eigenvalue weighted by molar-refractivity contribution is 5.84. The average Bonchev–Trinajstić information content (AvgIpc) is 2.40. The number of nitrogens with zero attached hydrogens (tertiary/aromatic N) is 3. The van der Waals surface area contributed by atoms with Gasteiger partial charge in [0.15, 0.2) is 0 Å². The first-order valence-electron chi connectivity index (χ1n) is 7.12. The van der Waals surface area contributed by atoms with Crippen LogP contribution >= 0.6 is 0 Å². The Kier molecular flexibility index (Phi) is 4.55. The summed E-state index contributed by atoms with van der Waals surface area (Å²) in [5, 5.41) is 0. The molecule has 1 saturated heterocycles. The fourth-order valence-electron chi connectivity index (χ4n) is 2.23. The van der Waals surface area contributed by atoms with Crippen molar-refractivity contribution in [2.24, 2.45) is 5.92 Å². The lowest BCUT2D eigenvalue weighted by atomic mass is 9.93. The zero-order valence-electron chi connectivity index (χ0n) is 12.7. The van der Waals surface area contributed by atoms with Crippen molar-refractivity contribution in [1.82, 2.24) is 14.9 Å². The van der Waals surface area contributed by atoms with Crippen molar-refractivity contribution in [2.75, 3.05) is 13.1 Å². The largest absolute Gasteiger partial charge is 0.444 e. The Balaban J connectivity index is 1.99. The Morgan fingerprint density at radius 3 is 2.67 bits per heavy atom. The van der Waals surface area contributed by atoms with Gasteiger partial charge in [0.25, 0.3) is 0 Å². The Hall–Kier alpha value is -1.98. The third-order valence-electron chi connectivity index (χ3n) is 3.22. The van der Waals surface area contributed by atoms with Gasteiger partial charge >= 0.3 is 6.09 Å². The molecule has 2 rings (SSSR count). The van der Waals surface area contributed by atoms with Crippen LogP contribution in [-0.4, -0.2) is 45.4 Å². The van der Waals surface area contributed by atoms with Crippen molar-refractivity contribution >= 4 is 11.9 Å². The summed E-state index contributed by atoms with van der Waals surface area (Å²) in [5.41, 5.74) is -0.531. The number of hydrogen-bond donors (Lipinski definition) is 0. The van der Waals surface area contributed by atoms with E-state index in [1.165, 1.54) is 0 Å². The number of likely N-dealkylation sites (tertiary alicyclic amines) is 1. The van der Waals surface area contributed by atoms with Crippen LogP contribution in [0.15, 0.2) is 18.5 Å². The molecule has 6 nitrogen and oxygen atoms in total. The quantitative estimate of drug-likeness (QED) is 0.831. The number of hydrogen-bond acceptors (Lipinski definition) is 5. The summed E-state index contributed by atoms with van der Waals surface area (Å²) in [6, 6.07) is 1.74. The second kappa shape index (κ2) is 6.20. The lowest BCUT2D eigenvalue weighted by Crippen LogP contribution is -2.46. The molecule has 1 aromatic rings. The lowest BCUT2D eigenvalue weighted by molar-refractivity contribution is -0.126. The number of aromatic nitrogens is 2. The highest BCUT2D eigenvalue weighted by atomic mass is 16.6. The molecule has 114 valence electrons. The standard InChI is InChI=1S/C15H21N3O3/c1-15(2,3)21-14(20)18-8-5-12(19)11(10-18)9-13-16-6-4-7-17-13/h4,6-7,11H,5,8-10H2,1-3H3. The Bertz CT molecular complexity index is 511. The van der Waals surface area contributed by atoms with Crippen LogP contribution in [0.2, 0.25) is 0 Å². The lowest BCUT2D eigenvalue weighted by Gasteiger charge is -2.33. The molecule has 2 heterocycles. The van der Waals surface area contributed by atoms with Crippen molar-refractivity contribution in [2.45, 2.75) is 39.2 Å². The molecule has 0 aliphatic carbocycles. The summed E-state index contributed by atoms with van der Waals surface area (Å²) in [4.78, 5) is 34.0. The molecule has 1 fully saturated rings. The summed E-state index contributed by atoms with van der Waals surface area (Å²) in [7, 11) is 0. The van der Waals surface area contributed by atoms with Crippen molar-refractivity contribution in [1.29, 1.82) is 0 Å².